The van der Waals surface area contributed by atoms with Gasteiger partial charge in [0.05, 0.1) is 18.6 Å². The third-order valence-corrected chi connectivity index (χ3v) is 5.36. The van der Waals surface area contributed by atoms with Gasteiger partial charge in [-0.15, -0.1) is 0 Å². The maximum Gasteiger partial charge on any atom is 0.326 e. The van der Waals surface area contributed by atoms with Gasteiger partial charge in [0.2, 0.25) is 17.7 Å². The molecule has 0 spiro atoms. The van der Waals surface area contributed by atoms with E-state index < -0.39 is 66.4 Å². The normalized spacial score (nSPS) is 14.9. The Hall–Kier alpha value is -3.75. The van der Waals surface area contributed by atoms with Gasteiger partial charge in [-0.1, -0.05) is 12.1 Å². The lowest BCUT2D eigenvalue weighted by Gasteiger charge is -2.26. The highest BCUT2D eigenvalue weighted by Crippen LogP contribution is 2.12. The molecule has 0 saturated carbocycles. The fourth-order valence-corrected chi connectivity index (χ4v) is 3.31. The molecule has 0 aromatic heterocycles. The average molecular weight is 526 g/mol. The Balaban J connectivity index is 3.10. The molecule has 0 fully saturated rings. The van der Waals surface area contributed by atoms with Gasteiger partial charge < -0.3 is 47.8 Å². The number of unbranched alkanes of at least 4 members (excludes halogenated alkanes) is 1. The number of rotatable bonds is 16. The van der Waals surface area contributed by atoms with Gasteiger partial charge in [0.1, 0.15) is 23.9 Å². The monoisotopic (exact) mass is 525 g/mol. The first-order valence-corrected chi connectivity index (χ1v) is 11.6. The minimum absolute atomic E-state index is 0.0331. The van der Waals surface area contributed by atoms with Crippen molar-refractivity contribution in [3.05, 3.63) is 29.8 Å². The van der Waals surface area contributed by atoms with Gasteiger partial charge in [0, 0.05) is 6.42 Å². The van der Waals surface area contributed by atoms with E-state index in [0.29, 0.717) is 24.9 Å². The van der Waals surface area contributed by atoms with Crippen molar-refractivity contribution in [3.8, 4) is 5.75 Å². The van der Waals surface area contributed by atoms with Crippen LogP contribution in [0.4, 0.5) is 0 Å². The highest BCUT2D eigenvalue weighted by atomic mass is 16.4. The molecule has 1 aromatic carbocycles. The van der Waals surface area contributed by atoms with Crippen molar-refractivity contribution in [2.75, 3.05) is 6.54 Å². The maximum absolute atomic E-state index is 13.0. The van der Waals surface area contributed by atoms with Crippen molar-refractivity contribution in [1.29, 1.82) is 0 Å². The van der Waals surface area contributed by atoms with E-state index in [9.17, 15) is 39.3 Å². The topological polar surface area (TPSA) is 254 Å². The van der Waals surface area contributed by atoms with E-state index in [0.717, 1.165) is 0 Å². The molecule has 37 heavy (non-hydrogen) atoms. The zero-order valence-corrected chi connectivity index (χ0v) is 20.4. The van der Waals surface area contributed by atoms with Gasteiger partial charge in [-0.05, 0) is 50.4 Å². The molecule has 5 unspecified atom stereocenters. The number of carbonyl (C=O) groups is 5. The Kier molecular flexibility index (Phi) is 13.0. The molecule has 0 aliphatic rings. The molecule has 0 aliphatic carbocycles. The van der Waals surface area contributed by atoms with Crippen LogP contribution in [0.15, 0.2) is 24.3 Å². The fourth-order valence-electron chi connectivity index (χ4n) is 3.31. The molecular formula is C23H35N5O9. The number of aromatic hydroxyl groups is 1. The van der Waals surface area contributed by atoms with Crippen LogP contribution < -0.4 is 27.4 Å². The number of benzene rings is 1. The molecule has 5 atom stereocenters. The van der Waals surface area contributed by atoms with Crippen molar-refractivity contribution < 1.29 is 44.4 Å². The lowest BCUT2D eigenvalue weighted by Crippen LogP contribution is -2.60. The van der Waals surface area contributed by atoms with Gasteiger partial charge >= 0.3 is 11.9 Å². The smallest absolute Gasteiger partial charge is 0.326 e. The number of aliphatic hydroxyl groups excluding tert-OH is 1. The fraction of sp³-hybridized carbons (Fsp3) is 0.522. The van der Waals surface area contributed by atoms with Crippen LogP contribution in [0.3, 0.4) is 0 Å². The summed E-state index contributed by atoms with van der Waals surface area (Å²) in [5.74, 6) is -5.48. The molecular weight excluding hydrogens is 490 g/mol. The largest absolute Gasteiger partial charge is 0.508 e. The second kappa shape index (κ2) is 15.4. The number of phenols is 1. The number of nitrogens with one attached hydrogen (secondary N) is 3. The molecule has 1 rings (SSSR count). The number of hydrogen-bond donors (Lipinski definition) is 9. The summed E-state index contributed by atoms with van der Waals surface area (Å²) in [4.78, 5) is 60.7. The number of nitrogens with two attached hydrogens (primary N) is 2. The number of carboxylic acid groups (broad SMARTS) is 2. The van der Waals surface area contributed by atoms with Gasteiger partial charge in [-0.2, -0.15) is 0 Å². The number of phenolic OH excluding ortho intramolecular Hbond substituents is 1. The number of amides is 3. The van der Waals surface area contributed by atoms with E-state index in [1.807, 2.05) is 0 Å². The van der Waals surface area contributed by atoms with Crippen molar-refractivity contribution in [3.63, 3.8) is 0 Å². The first-order valence-electron chi connectivity index (χ1n) is 11.6. The van der Waals surface area contributed by atoms with Crippen molar-refractivity contribution in [2.45, 2.75) is 69.3 Å². The third kappa shape index (κ3) is 11.2. The minimum Gasteiger partial charge on any atom is -0.508 e. The Labute approximate surface area is 213 Å². The molecule has 1 aromatic rings. The quantitative estimate of drug-likeness (QED) is 0.104. The van der Waals surface area contributed by atoms with Crippen LogP contribution in [0.25, 0.3) is 0 Å². The molecule has 11 N–H and O–H groups in total. The molecule has 14 nitrogen and oxygen atoms in total. The summed E-state index contributed by atoms with van der Waals surface area (Å²) in [6, 6.07) is 0.0460. The van der Waals surface area contributed by atoms with E-state index in [4.69, 9.17) is 16.6 Å². The van der Waals surface area contributed by atoms with E-state index in [2.05, 4.69) is 16.0 Å². The Morgan fingerprint density at radius 2 is 1.49 bits per heavy atom. The Morgan fingerprint density at radius 1 is 0.892 bits per heavy atom. The van der Waals surface area contributed by atoms with Gasteiger partial charge in [-0.25, -0.2) is 4.79 Å². The Bertz CT molecular complexity index is 939. The molecule has 0 aliphatic heterocycles. The van der Waals surface area contributed by atoms with E-state index in [-0.39, 0.29) is 18.6 Å². The van der Waals surface area contributed by atoms with Gasteiger partial charge in [-0.3, -0.25) is 19.2 Å². The van der Waals surface area contributed by atoms with Crippen molar-refractivity contribution in [1.82, 2.24) is 16.0 Å². The van der Waals surface area contributed by atoms with Crippen molar-refractivity contribution >= 4 is 29.7 Å². The van der Waals surface area contributed by atoms with Gasteiger partial charge in [0.15, 0.2) is 0 Å². The highest BCUT2D eigenvalue weighted by Gasteiger charge is 2.32. The third-order valence-electron chi connectivity index (χ3n) is 5.36. The second-order valence-corrected chi connectivity index (χ2v) is 8.55. The molecule has 0 bridgehead atoms. The second-order valence-electron chi connectivity index (χ2n) is 8.55. The predicted octanol–water partition coefficient (Wildman–Crippen LogP) is -2.21. The summed E-state index contributed by atoms with van der Waals surface area (Å²) in [6.45, 7) is 1.54. The summed E-state index contributed by atoms with van der Waals surface area (Å²) in [6.07, 6.45) is -1.20. The molecule has 3 amide bonds. The molecule has 0 radical (unpaired) electrons. The number of carboxylic acids is 2. The first-order chi connectivity index (χ1) is 17.3. The summed E-state index contributed by atoms with van der Waals surface area (Å²) >= 11 is 0. The van der Waals surface area contributed by atoms with Crippen LogP contribution in [0.1, 0.15) is 38.2 Å². The molecule has 0 heterocycles. The maximum atomic E-state index is 13.0. The summed E-state index contributed by atoms with van der Waals surface area (Å²) in [5, 5.41) is 44.8. The minimum atomic E-state index is -1.60. The van der Waals surface area contributed by atoms with E-state index in [1.165, 1.54) is 31.2 Å². The van der Waals surface area contributed by atoms with Crippen LogP contribution >= 0.6 is 0 Å². The van der Waals surface area contributed by atoms with E-state index >= 15 is 0 Å². The standard InChI is InChI=1S/C23H35N5O9/c1-12(29)19(28-20(33)15(25)11-18(31)32)22(35)27-17(10-13-5-7-14(30)8-6-13)21(34)26-16(23(36)37)4-2-3-9-24/h5-8,12,15-17,19,29-30H,2-4,9-11,24-25H2,1H3,(H,26,34)(H,27,35)(H,28,33)(H,31,32)(H,36,37). The highest BCUT2D eigenvalue weighted by molar-refractivity contribution is 5.95. The van der Waals surface area contributed by atoms with Crippen LogP contribution in [0, 0.1) is 0 Å². The van der Waals surface area contributed by atoms with Crippen LogP contribution in [0.5, 0.6) is 5.75 Å². The molecule has 0 saturated heterocycles. The van der Waals surface area contributed by atoms with Crippen LogP contribution in [-0.2, 0) is 30.4 Å². The van der Waals surface area contributed by atoms with Crippen LogP contribution in [0.2, 0.25) is 0 Å². The SMILES string of the molecule is CC(O)C(NC(=O)C(N)CC(=O)O)C(=O)NC(Cc1ccc(O)cc1)C(=O)NC(CCCCN)C(=O)O. The number of carbonyl (C=O) groups excluding carboxylic acids is 3. The first kappa shape index (κ1) is 31.3. The lowest BCUT2D eigenvalue weighted by atomic mass is 10.0. The number of aliphatic hydroxyl groups is 1. The summed E-state index contributed by atoms with van der Waals surface area (Å²) in [5.41, 5.74) is 11.5. The Morgan fingerprint density at radius 3 is 2.00 bits per heavy atom. The predicted molar refractivity (Wildman–Crippen MR) is 130 cm³/mol. The zero-order valence-electron chi connectivity index (χ0n) is 20.4. The van der Waals surface area contributed by atoms with Crippen LogP contribution in [-0.4, -0.2) is 86.9 Å². The zero-order chi connectivity index (χ0) is 28.1. The van der Waals surface area contributed by atoms with E-state index in [1.54, 1.807) is 0 Å². The number of aliphatic carboxylic acids is 2. The molecule has 206 valence electrons. The molecule has 14 heteroatoms. The summed E-state index contributed by atoms with van der Waals surface area (Å²) in [7, 11) is 0. The van der Waals surface area contributed by atoms with Gasteiger partial charge in [0.25, 0.3) is 0 Å². The van der Waals surface area contributed by atoms with Crippen molar-refractivity contribution in [2.24, 2.45) is 11.5 Å². The number of hydrogen-bond acceptors (Lipinski definition) is 9. The summed E-state index contributed by atoms with van der Waals surface area (Å²) < 4.78 is 0. The lowest BCUT2D eigenvalue weighted by molar-refractivity contribution is -0.142. The average Bonchev–Trinajstić information content (AvgIpc) is 2.81.